The lowest BCUT2D eigenvalue weighted by Gasteiger charge is -2.15. The summed E-state index contributed by atoms with van der Waals surface area (Å²) in [6.45, 7) is 2.22. The lowest BCUT2D eigenvalue weighted by molar-refractivity contribution is -0.121. The van der Waals surface area contributed by atoms with E-state index >= 15 is 0 Å². The van der Waals surface area contributed by atoms with Gasteiger partial charge in [0, 0.05) is 19.0 Å². The molecule has 24 heavy (non-hydrogen) atoms. The number of amides is 1. The zero-order valence-electron chi connectivity index (χ0n) is 14.2. The van der Waals surface area contributed by atoms with Gasteiger partial charge in [0.25, 0.3) is 0 Å². The molecule has 0 bridgehead atoms. The van der Waals surface area contributed by atoms with E-state index in [0.717, 1.165) is 25.9 Å². The van der Waals surface area contributed by atoms with Crippen molar-refractivity contribution in [3.05, 3.63) is 23.8 Å². The molecular formula is C17H27ClN2O4. The predicted octanol–water partition coefficient (Wildman–Crippen LogP) is 1.66. The van der Waals surface area contributed by atoms with Crippen molar-refractivity contribution in [3.8, 4) is 11.5 Å². The average Bonchev–Trinajstić information content (AvgIpc) is 3.10. The van der Waals surface area contributed by atoms with Crippen LogP contribution in [0.15, 0.2) is 18.2 Å². The van der Waals surface area contributed by atoms with Crippen molar-refractivity contribution in [1.29, 1.82) is 0 Å². The van der Waals surface area contributed by atoms with Gasteiger partial charge in [0.1, 0.15) is 11.5 Å². The Morgan fingerprint density at radius 3 is 2.54 bits per heavy atom. The number of carbonyl (C=O) groups excluding carboxylic acids is 1. The van der Waals surface area contributed by atoms with Gasteiger partial charge in [-0.15, -0.1) is 12.4 Å². The molecule has 2 unspecified atom stereocenters. The number of rotatable bonds is 8. The highest BCUT2D eigenvalue weighted by molar-refractivity contribution is 5.85. The summed E-state index contributed by atoms with van der Waals surface area (Å²) in [5.41, 5.74) is 0.654. The Balaban J connectivity index is 0.00000288. The first-order valence-electron chi connectivity index (χ1n) is 8.01. The molecule has 2 atom stereocenters. The lowest BCUT2D eigenvalue weighted by atomic mass is 10.0. The van der Waals surface area contributed by atoms with Crippen molar-refractivity contribution in [2.75, 3.05) is 33.9 Å². The smallest absolute Gasteiger partial charge is 0.220 e. The molecule has 7 heteroatoms. The largest absolute Gasteiger partial charge is 0.497 e. The lowest BCUT2D eigenvalue weighted by Crippen LogP contribution is -2.28. The maximum absolute atomic E-state index is 11.9. The molecule has 0 saturated carbocycles. The summed E-state index contributed by atoms with van der Waals surface area (Å²) in [5.74, 6) is 1.79. The molecule has 2 rings (SSSR count). The Labute approximate surface area is 149 Å². The third kappa shape index (κ3) is 6.19. The molecule has 1 aliphatic rings. The van der Waals surface area contributed by atoms with Crippen LogP contribution in [0.5, 0.6) is 11.5 Å². The fraction of sp³-hybridized carbons (Fsp3) is 0.588. The van der Waals surface area contributed by atoms with Gasteiger partial charge in [-0.05, 0) is 49.5 Å². The fourth-order valence-electron chi connectivity index (χ4n) is 2.73. The third-order valence-electron chi connectivity index (χ3n) is 4.19. The van der Waals surface area contributed by atoms with Crippen LogP contribution in [0.3, 0.4) is 0 Å². The van der Waals surface area contributed by atoms with Gasteiger partial charge in [-0.25, -0.2) is 0 Å². The molecular weight excluding hydrogens is 332 g/mol. The van der Waals surface area contributed by atoms with E-state index in [-0.39, 0.29) is 24.9 Å². The minimum atomic E-state index is -0.795. The van der Waals surface area contributed by atoms with Crippen molar-refractivity contribution in [2.45, 2.75) is 25.4 Å². The van der Waals surface area contributed by atoms with E-state index in [9.17, 15) is 9.90 Å². The standard InChI is InChI=1S/C17H26N2O4.ClH/c1-22-14-7-13(8-15(9-14)23-2)16(20)11-19-17(21)4-3-12-5-6-18-10-12;/h7-9,12,16,18,20H,3-6,10-11H2,1-2H3,(H,19,21);1H. The second kappa shape index (κ2) is 10.4. The predicted molar refractivity (Wildman–Crippen MR) is 95.0 cm³/mol. The SMILES string of the molecule is COc1cc(OC)cc(C(O)CNC(=O)CCC2CCNC2)c1.Cl. The van der Waals surface area contributed by atoms with Gasteiger partial charge in [-0.2, -0.15) is 0 Å². The van der Waals surface area contributed by atoms with E-state index < -0.39 is 6.10 Å². The van der Waals surface area contributed by atoms with E-state index in [2.05, 4.69) is 10.6 Å². The van der Waals surface area contributed by atoms with E-state index in [1.807, 2.05) is 0 Å². The summed E-state index contributed by atoms with van der Waals surface area (Å²) in [5, 5.41) is 16.3. The first kappa shape index (κ1) is 20.5. The summed E-state index contributed by atoms with van der Waals surface area (Å²) >= 11 is 0. The molecule has 0 radical (unpaired) electrons. The van der Waals surface area contributed by atoms with Gasteiger partial charge < -0.3 is 25.2 Å². The number of halogens is 1. The van der Waals surface area contributed by atoms with Crippen LogP contribution in [-0.2, 0) is 4.79 Å². The summed E-state index contributed by atoms with van der Waals surface area (Å²) in [6, 6.07) is 5.22. The molecule has 1 heterocycles. The van der Waals surface area contributed by atoms with Crippen LogP contribution in [-0.4, -0.2) is 44.9 Å². The highest BCUT2D eigenvalue weighted by atomic mass is 35.5. The van der Waals surface area contributed by atoms with Crippen molar-refractivity contribution >= 4 is 18.3 Å². The van der Waals surface area contributed by atoms with E-state index in [4.69, 9.17) is 9.47 Å². The summed E-state index contributed by atoms with van der Waals surface area (Å²) < 4.78 is 10.4. The minimum Gasteiger partial charge on any atom is -0.497 e. The number of ether oxygens (including phenoxy) is 2. The van der Waals surface area contributed by atoms with Crippen molar-refractivity contribution < 1.29 is 19.4 Å². The molecule has 1 aromatic carbocycles. The Kier molecular flexibility index (Phi) is 8.89. The minimum absolute atomic E-state index is 0. The van der Waals surface area contributed by atoms with Crippen LogP contribution in [0, 0.1) is 5.92 Å². The highest BCUT2D eigenvalue weighted by Gasteiger charge is 2.17. The quantitative estimate of drug-likeness (QED) is 0.658. The number of aliphatic hydroxyl groups excluding tert-OH is 1. The number of hydrogen-bond donors (Lipinski definition) is 3. The van der Waals surface area contributed by atoms with Gasteiger partial charge >= 0.3 is 0 Å². The summed E-state index contributed by atoms with van der Waals surface area (Å²) in [7, 11) is 3.12. The first-order chi connectivity index (χ1) is 11.1. The molecule has 136 valence electrons. The second-order valence-electron chi connectivity index (χ2n) is 5.86. The Morgan fingerprint density at radius 2 is 2.00 bits per heavy atom. The van der Waals surface area contributed by atoms with E-state index in [1.54, 1.807) is 32.4 Å². The molecule has 1 amide bonds. The second-order valence-corrected chi connectivity index (χ2v) is 5.86. The Hall–Kier alpha value is -1.50. The van der Waals surface area contributed by atoms with Crippen LogP contribution in [0.4, 0.5) is 0 Å². The Bertz CT molecular complexity index is 499. The number of hydrogen-bond acceptors (Lipinski definition) is 5. The van der Waals surface area contributed by atoms with Gasteiger partial charge in [-0.1, -0.05) is 0 Å². The van der Waals surface area contributed by atoms with Gasteiger partial charge in [0.05, 0.1) is 20.3 Å². The van der Waals surface area contributed by atoms with Gasteiger partial charge in [0.2, 0.25) is 5.91 Å². The number of nitrogens with one attached hydrogen (secondary N) is 2. The number of carbonyl (C=O) groups is 1. The topological polar surface area (TPSA) is 79.8 Å². The fourth-order valence-corrected chi connectivity index (χ4v) is 2.73. The van der Waals surface area contributed by atoms with Gasteiger partial charge in [-0.3, -0.25) is 4.79 Å². The maximum Gasteiger partial charge on any atom is 0.220 e. The molecule has 6 nitrogen and oxygen atoms in total. The zero-order chi connectivity index (χ0) is 16.7. The number of benzene rings is 1. The van der Waals surface area contributed by atoms with Crippen LogP contribution < -0.4 is 20.1 Å². The Morgan fingerprint density at radius 1 is 1.33 bits per heavy atom. The average molecular weight is 359 g/mol. The van der Waals surface area contributed by atoms with Crippen molar-refractivity contribution in [3.63, 3.8) is 0 Å². The van der Waals surface area contributed by atoms with Crippen LogP contribution in [0.2, 0.25) is 0 Å². The zero-order valence-corrected chi connectivity index (χ0v) is 15.0. The number of methoxy groups -OCH3 is 2. The third-order valence-corrected chi connectivity index (χ3v) is 4.19. The molecule has 0 spiro atoms. The van der Waals surface area contributed by atoms with Crippen molar-refractivity contribution in [2.24, 2.45) is 5.92 Å². The molecule has 0 aliphatic carbocycles. The number of aliphatic hydroxyl groups is 1. The normalized spacial score (nSPS) is 17.7. The highest BCUT2D eigenvalue weighted by Crippen LogP contribution is 2.26. The van der Waals surface area contributed by atoms with Crippen LogP contribution in [0.1, 0.15) is 30.9 Å². The molecule has 1 saturated heterocycles. The summed E-state index contributed by atoms with van der Waals surface area (Å²) in [6.07, 6.45) is 1.73. The summed E-state index contributed by atoms with van der Waals surface area (Å²) in [4.78, 5) is 11.9. The first-order valence-corrected chi connectivity index (χ1v) is 8.01. The van der Waals surface area contributed by atoms with E-state index in [0.29, 0.717) is 29.4 Å². The van der Waals surface area contributed by atoms with E-state index in [1.165, 1.54) is 0 Å². The molecule has 1 aliphatic heterocycles. The molecule has 3 N–H and O–H groups in total. The van der Waals surface area contributed by atoms with Crippen LogP contribution in [0.25, 0.3) is 0 Å². The maximum atomic E-state index is 11.9. The molecule has 1 aromatic rings. The van der Waals surface area contributed by atoms with Gasteiger partial charge in [0.15, 0.2) is 0 Å². The van der Waals surface area contributed by atoms with Crippen LogP contribution >= 0.6 is 12.4 Å². The molecule has 0 aromatic heterocycles. The van der Waals surface area contributed by atoms with Crippen molar-refractivity contribution in [1.82, 2.24) is 10.6 Å². The molecule has 1 fully saturated rings. The monoisotopic (exact) mass is 358 g/mol.